The van der Waals surface area contributed by atoms with Gasteiger partial charge in [-0.25, -0.2) is 9.18 Å². The second-order valence-electron chi connectivity index (χ2n) is 7.05. The zero-order valence-corrected chi connectivity index (χ0v) is 17.1. The van der Waals surface area contributed by atoms with Crippen LogP contribution in [0.5, 0.6) is 11.5 Å². The van der Waals surface area contributed by atoms with Crippen molar-refractivity contribution < 1.29 is 36.3 Å². The van der Waals surface area contributed by atoms with Crippen molar-refractivity contribution in [1.82, 2.24) is 0 Å². The minimum absolute atomic E-state index is 0.0196. The van der Waals surface area contributed by atoms with E-state index in [9.17, 15) is 27.2 Å². The van der Waals surface area contributed by atoms with Gasteiger partial charge >= 0.3 is 12.2 Å². The van der Waals surface area contributed by atoms with Gasteiger partial charge in [-0.05, 0) is 54.6 Å². The van der Waals surface area contributed by atoms with E-state index in [1.807, 2.05) is 0 Å². The molecule has 0 bridgehead atoms. The lowest BCUT2D eigenvalue weighted by Crippen LogP contribution is -2.20. The van der Waals surface area contributed by atoms with Crippen LogP contribution in [0.1, 0.15) is 16.1 Å². The molecule has 34 heavy (non-hydrogen) atoms. The Kier molecular flexibility index (Phi) is 5.84. The average molecular weight is 473 g/mol. The number of hydrogen-bond acceptors (Lipinski definition) is 4. The van der Waals surface area contributed by atoms with Crippen molar-refractivity contribution in [2.75, 3.05) is 10.6 Å². The van der Waals surface area contributed by atoms with E-state index in [2.05, 4.69) is 10.6 Å². The maximum absolute atomic E-state index is 13.8. The minimum Gasteiger partial charge on any atom is -0.453 e. The van der Waals surface area contributed by atoms with E-state index in [1.54, 1.807) is 18.2 Å². The number of ether oxygens (including phenoxy) is 1. The third-order valence-corrected chi connectivity index (χ3v) is 4.63. The smallest absolute Gasteiger partial charge is 0.416 e. The number of primary amides is 1. The standard InChI is InChI=1S/C23H15F4N3O4/c24-16-9-4-13(23(25,26)27)11-17(16)30-22(32)29-14-5-7-15(8-6-14)33-18-3-1-2-12-10-19(21(28)31)34-20(12)18/h1-11H,(H2,28,31)(H2,29,30,32). The highest BCUT2D eigenvalue weighted by Crippen LogP contribution is 2.33. The summed E-state index contributed by atoms with van der Waals surface area (Å²) in [6.45, 7) is 0. The van der Waals surface area contributed by atoms with Crippen molar-refractivity contribution in [3.63, 3.8) is 0 Å². The molecule has 0 fully saturated rings. The molecule has 0 saturated carbocycles. The third kappa shape index (κ3) is 4.93. The topological polar surface area (TPSA) is 107 Å². The summed E-state index contributed by atoms with van der Waals surface area (Å²) in [5.41, 5.74) is 4.11. The van der Waals surface area contributed by atoms with E-state index in [0.29, 0.717) is 40.7 Å². The maximum Gasteiger partial charge on any atom is 0.416 e. The molecule has 11 heteroatoms. The van der Waals surface area contributed by atoms with E-state index in [4.69, 9.17) is 14.9 Å². The predicted octanol–water partition coefficient (Wildman–Crippen LogP) is 6.13. The quantitative estimate of drug-likeness (QED) is 0.303. The van der Waals surface area contributed by atoms with Crippen molar-refractivity contribution in [1.29, 1.82) is 0 Å². The number of amides is 3. The lowest BCUT2D eigenvalue weighted by atomic mass is 10.2. The zero-order chi connectivity index (χ0) is 24.5. The number of urea groups is 1. The van der Waals surface area contributed by atoms with Crippen LogP contribution in [-0.2, 0) is 6.18 Å². The predicted molar refractivity (Wildman–Crippen MR) is 115 cm³/mol. The Morgan fingerprint density at radius 2 is 1.68 bits per heavy atom. The molecule has 0 unspecified atom stereocenters. The normalized spacial score (nSPS) is 11.3. The molecular weight excluding hydrogens is 458 g/mol. The summed E-state index contributed by atoms with van der Waals surface area (Å²) in [6, 6.07) is 13.3. The van der Waals surface area contributed by atoms with Crippen molar-refractivity contribution in [3.8, 4) is 11.5 Å². The molecule has 4 rings (SSSR count). The minimum atomic E-state index is -4.68. The molecule has 0 aliphatic rings. The maximum atomic E-state index is 13.8. The van der Waals surface area contributed by atoms with Crippen LogP contribution in [0.15, 0.2) is 71.1 Å². The molecule has 3 amide bonds. The number of alkyl halides is 3. The van der Waals surface area contributed by atoms with Crippen LogP contribution in [0.25, 0.3) is 11.0 Å². The van der Waals surface area contributed by atoms with E-state index in [1.165, 1.54) is 30.3 Å². The molecule has 4 N–H and O–H groups in total. The summed E-state index contributed by atoms with van der Waals surface area (Å²) in [6.07, 6.45) is -4.68. The summed E-state index contributed by atoms with van der Waals surface area (Å²) in [4.78, 5) is 23.5. The largest absolute Gasteiger partial charge is 0.453 e. The van der Waals surface area contributed by atoms with Gasteiger partial charge in [0, 0.05) is 11.1 Å². The van der Waals surface area contributed by atoms with E-state index in [-0.39, 0.29) is 11.4 Å². The number of rotatable bonds is 5. The number of hydrogen-bond donors (Lipinski definition) is 3. The summed E-state index contributed by atoms with van der Waals surface area (Å²) in [5, 5.41) is 5.05. The highest BCUT2D eigenvalue weighted by atomic mass is 19.4. The Morgan fingerprint density at radius 1 is 0.941 bits per heavy atom. The van der Waals surface area contributed by atoms with Crippen LogP contribution in [-0.4, -0.2) is 11.9 Å². The molecule has 174 valence electrons. The molecule has 0 aliphatic heterocycles. The van der Waals surface area contributed by atoms with Crippen LogP contribution in [0, 0.1) is 5.82 Å². The molecule has 4 aromatic rings. The Balaban J connectivity index is 1.44. The van der Waals surface area contributed by atoms with Crippen molar-refractivity contribution in [2.45, 2.75) is 6.18 Å². The van der Waals surface area contributed by atoms with Gasteiger partial charge in [0.15, 0.2) is 17.1 Å². The Morgan fingerprint density at radius 3 is 2.35 bits per heavy atom. The number of anilines is 2. The molecular formula is C23H15F4N3O4. The van der Waals surface area contributed by atoms with Crippen LogP contribution in [0.4, 0.5) is 33.7 Å². The van der Waals surface area contributed by atoms with Gasteiger partial charge < -0.3 is 25.5 Å². The number of fused-ring (bicyclic) bond motifs is 1. The number of halogens is 4. The molecule has 1 heterocycles. The first-order valence-corrected chi connectivity index (χ1v) is 9.65. The van der Waals surface area contributed by atoms with Gasteiger partial charge in [-0.15, -0.1) is 0 Å². The van der Waals surface area contributed by atoms with Crippen LogP contribution in [0.2, 0.25) is 0 Å². The monoisotopic (exact) mass is 473 g/mol. The summed E-state index contributed by atoms with van der Waals surface area (Å²) >= 11 is 0. The number of furan rings is 1. The first kappa shape index (κ1) is 22.6. The Labute approximate surface area is 189 Å². The Bertz CT molecular complexity index is 1380. The lowest BCUT2D eigenvalue weighted by Gasteiger charge is -2.12. The van der Waals surface area contributed by atoms with Gasteiger partial charge in [-0.3, -0.25) is 4.79 Å². The van der Waals surface area contributed by atoms with E-state index >= 15 is 0 Å². The van der Waals surface area contributed by atoms with Crippen molar-refractivity contribution in [3.05, 3.63) is 83.9 Å². The van der Waals surface area contributed by atoms with E-state index < -0.39 is 35.2 Å². The fourth-order valence-corrected chi connectivity index (χ4v) is 3.05. The number of nitrogens with one attached hydrogen (secondary N) is 2. The fourth-order valence-electron chi connectivity index (χ4n) is 3.05. The second kappa shape index (κ2) is 8.77. The van der Waals surface area contributed by atoms with Crippen LogP contribution in [0.3, 0.4) is 0 Å². The molecule has 3 aromatic carbocycles. The summed E-state index contributed by atoms with van der Waals surface area (Å²) < 4.78 is 63.5. The molecule has 0 radical (unpaired) electrons. The fraction of sp³-hybridized carbons (Fsp3) is 0.0435. The number of nitrogens with two attached hydrogens (primary N) is 1. The van der Waals surface area contributed by atoms with Gasteiger partial charge in [0.05, 0.1) is 11.3 Å². The van der Waals surface area contributed by atoms with Crippen molar-refractivity contribution in [2.24, 2.45) is 5.73 Å². The van der Waals surface area contributed by atoms with Gasteiger partial charge in [0.1, 0.15) is 11.6 Å². The number of carbonyl (C=O) groups excluding carboxylic acids is 2. The van der Waals surface area contributed by atoms with Gasteiger partial charge in [-0.2, -0.15) is 13.2 Å². The number of carbonyl (C=O) groups is 2. The molecule has 7 nitrogen and oxygen atoms in total. The molecule has 0 atom stereocenters. The summed E-state index contributed by atoms with van der Waals surface area (Å²) in [7, 11) is 0. The molecule has 0 spiro atoms. The number of para-hydroxylation sites is 1. The van der Waals surface area contributed by atoms with Crippen LogP contribution >= 0.6 is 0 Å². The third-order valence-electron chi connectivity index (χ3n) is 4.63. The highest BCUT2D eigenvalue weighted by Gasteiger charge is 2.31. The first-order valence-electron chi connectivity index (χ1n) is 9.65. The van der Waals surface area contributed by atoms with E-state index in [0.717, 1.165) is 0 Å². The van der Waals surface area contributed by atoms with Crippen molar-refractivity contribution >= 4 is 34.3 Å². The Hall–Kier alpha value is -4.54. The molecule has 0 saturated heterocycles. The number of benzene rings is 3. The zero-order valence-electron chi connectivity index (χ0n) is 17.1. The van der Waals surface area contributed by atoms with Gasteiger partial charge in [-0.1, -0.05) is 12.1 Å². The SMILES string of the molecule is NC(=O)c1cc2cccc(Oc3ccc(NC(=O)Nc4cc(C(F)(F)F)ccc4F)cc3)c2o1. The summed E-state index contributed by atoms with van der Waals surface area (Å²) in [5.74, 6) is -1.07. The lowest BCUT2D eigenvalue weighted by molar-refractivity contribution is -0.137. The second-order valence-corrected chi connectivity index (χ2v) is 7.05. The highest BCUT2D eigenvalue weighted by molar-refractivity contribution is 6.00. The molecule has 0 aliphatic carbocycles. The average Bonchev–Trinajstić information content (AvgIpc) is 3.22. The van der Waals surface area contributed by atoms with Gasteiger partial charge in [0.2, 0.25) is 0 Å². The van der Waals surface area contributed by atoms with Crippen LogP contribution < -0.4 is 21.1 Å². The molecule has 1 aromatic heterocycles. The van der Waals surface area contributed by atoms with Gasteiger partial charge in [0.25, 0.3) is 5.91 Å². The first-order chi connectivity index (χ1) is 16.1.